The van der Waals surface area contributed by atoms with Crippen LogP contribution in [0.2, 0.25) is 0 Å². The van der Waals surface area contributed by atoms with Crippen LogP contribution in [0.15, 0.2) is 0 Å². The van der Waals surface area contributed by atoms with Crippen molar-refractivity contribution in [1.82, 2.24) is 0 Å². The fourth-order valence-electron chi connectivity index (χ4n) is 2.00. The predicted octanol–water partition coefficient (Wildman–Crippen LogP) is 3.42. The van der Waals surface area contributed by atoms with E-state index in [-0.39, 0.29) is 28.3 Å². The molecule has 0 nitrogen and oxygen atoms in total. The van der Waals surface area contributed by atoms with E-state index < -0.39 is 0 Å². The van der Waals surface area contributed by atoms with Crippen molar-refractivity contribution in [1.29, 1.82) is 0 Å². The minimum atomic E-state index is -0.0957. The molecule has 0 aliphatic rings. The van der Waals surface area contributed by atoms with Gasteiger partial charge in [0.1, 0.15) is 0 Å². The van der Waals surface area contributed by atoms with E-state index in [1.54, 1.807) is 0 Å². The monoisotopic (exact) mass is 267 g/mol. The topological polar surface area (TPSA) is 0 Å². The number of rotatable bonds is 3. The van der Waals surface area contributed by atoms with E-state index in [1.807, 2.05) is 0 Å². The number of hydrogen-bond donors (Lipinski definition) is 0. The summed E-state index contributed by atoms with van der Waals surface area (Å²) in [6, 6.07) is 0. The Kier molecular flexibility index (Phi) is 8.75. The zero-order valence-electron chi connectivity index (χ0n) is 8.55. The first-order chi connectivity index (χ1) is 4.46. The molecule has 0 bridgehead atoms. The molecule has 0 N–H and O–H groups in total. The summed E-state index contributed by atoms with van der Waals surface area (Å²) < 4.78 is 0. The van der Waals surface area contributed by atoms with Crippen molar-refractivity contribution in [3.05, 3.63) is 0 Å². The second-order valence-corrected chi connectivity index (χ2v) is 8.43. The second-order valence-electron chi connectivity index (χ2n) is 3.96. The van der Waals surface area contributed by atoms with Crippen molar-refractivity contribution in [3.8, 4) is 0 Å². The Labute approximate surface area is 86.9 Å². The zero-order chi connectivity index (χ0) is 8.31. The molecular formula is C9H22PPd+. The minimum absolute atomic E-state index is 0. The standard InChI is InChI=1S/C9H21P.Pd/c1-7(2)10(8(3)4)9(5)6;/h7-9H,1-6H3;/p+1. The molecule has 0 aromatic carbocycles. The molecule has 0 aliphatic heterocycles. The molecule has 11 heavy (non-hydrogen) atoms. The molecule has 2 heteroatoms. The first kappa shape index (κ1) is 14.6. The first-order valence-electron chi connectivity index (χ1n) is 4.33. The van der Waals surface area contributed by atoms with Gasteiger partial charge in [0.25, 0.3) is 0 Å². The first-order valence-corrected chi connectivity index (χ1v) is 6.06. The van der Waals surface area contributed by atoms with Crippen molar-refractivity contribution >= 4 is 7.92 Å². The van der Waals surface area contributed by atoms with Crippen LogP contribution < -0.4 is 0 Å². The van der Waals surface area contributed by atoms with Crippen molar-refractivity contribution in [3.63, 3.8) is 0 Å². The Bertz CT molecular complexity index is 70.5. The van der Waals surface area contributed by atoms with E-state index >= 15 is 0 Å². The molecule has 0 unspecified atom stereocenters. The van der Waals surface area contributed by atoms with Crippen LogP contribution in [-0.4, -0.2) is 17.0 Å². The summed E-state index contributed by atoms with van der Waals surface area (Å²) in [5.74, 6) is 0. The maximum atomic E-state index is 2.37. The van der Waals surface area contributed by atoms with E-state index in [1.165, 1.54) is 0 Å². The molecule has 0 spiro atoms. The Morgan fingerprint density at radius 3 is 0.818 bits per heavy atom. The minimum Gasteiger partial charge on any atom is -0.0287 e. The smallest absolute Gasteiger partial charge is 0.0287 e. The Hall–Kier alpha value is 1.09. The molecule has 0 aromatic rings. The van der Waals surface area contributed by atoms with Gasteiger partial charge in [-0.2, -0.15) is 0 Å². The molecule has 0 heterocycles. The Morgan fingerprint density at radius 1 is 0.636 bits per heavy atom. The molecule has 0 amide bonds. The molecule has 0 radical (unpaired) electrons. The van der Waals surface area contributed by atoms with Crippen LogP contribution in [0.3, 0.4) is 0 Å². The van der Waals surface area contributed by atoms with Gasteiger partial charge in [-0.1, -0.05) is 0 Å². The maximum absolute atomic E-state index is 2.37. The molecular weight excluding hydrogens is 245 g/mol. The zero-order valence-corrected chi connectivity index (χ0v) is 11.1. The summed E-state index contributed by atoms with van der Waals surface area (Å²) in [4.78, 5) is 0. The second kappa shape index (κ2) is 6.59. The van der Waals surface area contributed by atoms with Gasteiger partial charge in [0, 0.05) is 28.3 Å². The third-order valence-electron chi connectivity index (χ3n) is 2.00. The SMILES string of the molecule is CC(C)[PH+](C(C)C)C(C)C.[Pd]. The van der Waals surface area contributed by atoms with Crippen LogP contribution in [0.25, 0.3) is 0 Å². The molecule has 0 fully saturated rings. The average molecular weight is 268 g/mol. The van der Waals surface area contributed by atoms with E-state index in [4.69, 9.17) is 0 Å². The van der Waals surface area contributed by atoms with Crippen LogP contribution in [0.4, 0.5) is 0 Å². The van der Waals surface area contributed by atoms with Crippen LogP contribution in [0.5, 0.6) is 0 Å². The summed E-state index contributed by atoms with van der Waals surface area (Å²) in [5, 5.41) is 0. The molecule has 0 aliphatic carbocycles. The van der Waals surface area contributed by atoms with Gasteiger partial charge in [-0.15, -0.1) is 0 Å². The van der Waals surface area contributed by atoms with Gasteiger partial charge >= 0.3 is 0 Å². The maximum Gasteiger partial charge on any atom is 0.0624 e. The van der Waals surface area contributed by atoms with E-state index in [0.29, 0.717) is 0 Å². The normalized spacial score (nSPS) is 11.5. The van der Waals surface area contributed by atoms with Gasteiger partial charge in [0.2, 0.25) is 0 Å². The van der Waals surface area contributed by atoms with Gasteiger partial charge in [-0.25, -0.2) is 0 Å². The van der Waals surface area contributed by atoms with E-state index in [9.17, 15) is 0 Å². The third-order valence-corrected chi connectivity index (χ3v) is 6.00. The molecule has 0 saturated heterocycles. The van der Waals surface area contributed by atoms with Crippen molar-refractivity contribution < 1.29 is 20.4 Å². The summed E-state index contributed by atoms with van der Waals surface area (Å²) in [7, 11) is -0.0957. The largest absolute Gasteiger partial charge is 0.0624 e. The van der Waals surface area contributed by atoms with Gasteiger partial charge < -0.3 is 0 Å². The fraction of sp³-hybridized carbons (Fsp3) is 1.00. The van der Waals surface area contributed by atoms with E-state index in [0.717, 1.165) is 17.0 Å². The van der Waals surface area contributed by atoms with Gasteiger partial charge in [-0.3, -0.25) is 0 Å². The molecule has 0 atom stereocenters. The van der Waals surface area contributed by atoms with Gasteiger partial charge in [0.15, 0.2) is 0 Å². The Balaban J connectivity index is 0. The van der Waals surface area contributed by atoms with Crippen LogP contribution in [0, 0.1) is 0 Å². The molecule has 72 valence electrons. The predicted molar refractivity (Wildman–Crippen MR) is 53.7 cm³/mol. The van der Waals surface area contributed by atoms with Crippen LogP contribution in [-0.2, 0) is 20.4 Å². The van der Waals surface area contributed by atoms with E-state index in [2.05, 4.69) is 41.5 Å². The average Bonchev–Trinajstić information content (AvgIpc) is 1.59. The summed E-state index contributed by atoms with van der Waals surface area (Å²) >= 11 is 0. The Morgan fingerprint density at radius 2 is 0.818 bits per heavy atom. The summed E-state index contributed by atoms with van der Waals surface area (Å²) in [5.41, 5.74) is 2.81. The van der Waals surface area contributed by atoms with Crippen LogP contribution in [0.1, 0.15) is 41.5 Å². The van der Waals surface area contributed by atoms with Gasteiger partial charge in [-0.05, 0) is 41.5 Å². The molecule has 0 rings (SSSR count). The summed E-state index contributed by atoms with van der Waals surface area (Å²) in [6.45, 7) is 14.2. The molecule has 0 aromatic heterocycles. The quantitative estimate of drug-likeness (QED) is 0.543. The van der Waals surface area contributed by atoms with Crippen LogP contribution >= 0.6 is 7.92 Å². The van der Waals surface area contributed by atoms with Crippen molar-refractivity contribution in [2.45, 2.75) is 58.5 Å². The van der Waals surface area contributed by atoms with Crippen molar-refractivity contribution in [2.75, 3.05) is 0 Å². The summed E-state index contributed by atoms with van der Waals surface area (Å²) in [6.07, 6.45) is 0. The fourth-order valence-corrected chi connectivity index (χ4v) is 6.00. The number of hydrogen-bond acceptors (Lipinski definition) is 0. The van der Waals surface area contributed by atoms with Crippen molar-refractivity contribution in [2.24, 2.45) is 0 Å². The third kappa shape index (κ3) is 5.35. The van der Waals surface area contributed by atoms with Gasteiger partial charge in [0.05, 0.1) is 17.0 Å². The molecule has 0 saturated carbocycles.